The van der Waals surface area contributed by atoms with E-state index in [0.29, 0.717) is 30.2 Å². The zero-order valence-corrected chi connectivity index (χ0v) is 12.2. The fraction of sp³-hybridized carbons (Fsp3) is 0.533. The molecule has 2 atom stereocenters. The van der Waals surface area contributed by atoms with E-state index in [4.69, 9.17) is 19.4 Å². The first kappa shape index (κ1) is 14.3. The van der Waals surface area contributed by atoms with E-state index in [1.165, 1.54) is 0 Å². The average molecular weight is 291 g/mol. The Kier molecular flexibility index (Phi) is 4.38. The van der Waals surface area contributed by atoms with Crippen molar-refractivity contribution in [3.8, 4) is 11.5 Å². The van der Waals surface area contributed by atoms with Crippen molar-refractivity contribution >= 4 is 0 Å². The molecule has 3 rings (SSSR count). The fourth-order valence-electron chi connectivity index (χ4n) is 2.86. The summed E-state index contributed by atoms with van der Waals surface area (Å²) in [5.74, 6) is 1.35. The lowest BCUT2D eigenvalue weighted by molar-refractivity contribution is 0.00950. The van der Waals surface area contributed by atoms with E-state index in [0.717, 1.165) is 31.6 Å². The minimum Gasteiger partial charge on any atom is -0.461 e. The Hall–Kier alpha value is -1.63. The van der Waals surface area contributed by atoms with Gasteiger partial charge in [-0.2, -0.15) is 0 Å². The van der Waals surface area contributed by atoms with Gasteiger partial charge < -0.3 is 19.4 Å². The highest BCUT2D eigenvalue weighted by Crippen LogP contribution is 2.24. The van der Waals surface area contributed by atoms with Gasteiger partial charge in [-0.15, -0.1) is 0 Å². The molecule has 2 N–H and O–H groups in total. The minimum atomic E-state index is 0.311. The second-order valence-electron chi connectivity index (χ2n) is 5.40. The molecular formula is C15H21N3O3. The third-order valence-electron chi connectivity index (χ3n) is 4.08. The molecule has 6 nitrogen and oxygen atoms in total. The topological polar surface area (TPSA) is 77.7 Å². The molecule has 0 saturated carbocycles. The number of rotatable bonds is 5. The van der Waals surface area contributed by atoms with Crippen molar-refractivity contribution in [2.45, 2.75) is 31.5 Å². The van der Waals surface area contributed by atoms with Gasteiger partial charge in [0, 0.05) is 38.9 Å². The Labute approximate surface area is 123 Å². The largest absolute Gasteiger partial charge is 0.461 e. The number of hydrogen-bond donors (Lipinski definition) is 1. The van der Waals surface area contributed by atoms with E-state index in [-0.39, 0.29) is 0 Å². The second kappa shape index (κ2) is 6.43. The Balaban J connectivity index is 1.66. The van der Waals surface area contributed by atoms with E-state index < -0.39 is 0 Å². The van der Waals surface area contributed by atoms with Gasteiger partial charge in [0.1, 0.15) is 0 Å². The van der Waals surface area contributed by atoms with Crippen molar-refractivity contribution in [3.05, 3.63) is 30.2 Å². The maximum absolute atomic E-state index is 5.89. The van der Waals surface area contributed by atoms with Crippen molar-refractivity contribution < 1.29 is 13.7 Å². The monoisotopic (exact) mass is 291 g/mol. The molecule has 3 heterocycles. The standard InChI is InChI=1S/C15H21N3O3/c1-19-13-4-5-18(12(8-13)9-16)10-11-7-15(21-17-11)14-3-2-6-20-14/h2-3,6-7,12-13H,4-5,8-10,16H2,1H3. The third-order valence-corrected chi connectivity index (χ3v) is 4.08. The molecule has 21 heavy (non-hydrogen) atoms. The van der Waals surface area contributed by atoms with Crippen LogP contribution in [0.2, 0.25) is 0 Å². The molecule has 0 amide bonds. The average Bonchev–Trinajstić information content (AvgIpc) is 3.18. The second-order valence-corrected chi connectivity index (χ2v) is 5.40. The van der Waals surface area contributed by atoms with Crippen LogP contribution in [0.3, 0.4) is 0 Å². The molecule has 2 unspecified atom stereocenters. The molecule has 1 saturated heterocycles. The lowest BCUT2D eigenvalue weighted by atomic mass is 9.99. The van der Waals surface area contributed by atoms with Crippen LogP contribution >= 0.6 is 0 Å². The molecular weight excluding hydrogens is 270 g/mol. The van der Waals surface area contributed by atoms with Crippen molar-refractivity contribution in [2.75, 3.05) is 20.2 Å². The summed E-state index contributed by atoms with van der Waals surface area (Å²) < 4.78 is 16.1. The van der Waals surface area contributed by atoms with Crippen molar-refractivity contribution in [2.24, 2.45) is 5.73 Å². The van der Waals surface area contributed by atoms with E-state index in [1.54, 1.807) is 13.4 Å². The number of methoxy groups -OCH3 is 1. The molecule has 0 aromatic carbocycles. The van der Waals surface area contributed by atoms with Crippen LogP contribution in [0, 0.1) is 0 Å². The smallest absolute Gasteiger partial charge is 0.202 e. The predicted molar refractivity (Wildman–Crippen MR) is 77.5 cm³/mol. The summed E-state index contributed by atoms with van der Waals surface area (Å²) in [6.07, 6.45) is 3.93. The van der Waals surface area contributed by atoms with Crippen LogP contribution in [-0.2, 0) is 11.3 Å². The SMILES string of the molecule is COC1CCN(Cc2cc(-c3ccco3)on2)C(CN)C1. The lowest BCUT2D eigenvalue weighted by Crippen LogP contribution is -2.48. The molecule has 0 bridgehead atoms. The fourth-order valence-corrected chi connectivity index (χ4v) is 2.86. The van der Waals surface area contributed by atoms with Crippen LogP contribution in [0.25, 0.3) is 11.5 Å². The van der Waals surface area contributed by atoms with Crippen molar-refractivity contribution in [3.63, 3.8) is 0 Å². The Morgan fingerprint density at radius 1 is 1.48 bits per heavy atom. The van der Waals surface area contributed by atoms with Crippen molar-refractivity contribution in [1.82, 2.24) is 10.1 Å². The number of ether oxygens (including phenoxy) is 1. The van der Waals surface area contributed by atoms with Crippen LogP contribution in [-0.4, -0.2) is 42.4 Å². The maximum atomic E-state index is 5.89. The molecule has 0 spiro atoms. The zero-order valence-electron chi connectivity index (χ0n) is 12.2. The summed E-state index contributed by atoms with van der Waals surface area (Å²) in [6, 6.07) is 5.94. The number of hydrogen-bond acceptors (Lipinski definition) is 6. The zero-order chi connectivity index (χ0) is 14.7. The molecule has 1 aliphatic rings. The summed E-state index contributed by atoms with van der Waals surface area (Å²) in [4.78, 5) is 2.35. The van der Waals surface area contributed by atoms with Crippen LogP contribution in [0.5, 0.6) is 0 Å². The van der Waals surface area contributed by atoms with Gasteiger partial charge in [-0.25, -0.2) is 0 Å². The van der Waals surface area contributed by atoms with Crippen LogP contribution in [0.4, 0.5) is 0 Å². The molecule has 2 aromatic rings. The van der Waals surface area contributed by atoms with Gasteiger partial charge in [-0.05, 0) is 25.0 Å². The molecule has 1 fully saturated rings. The number of likely N-dealkylation sites (tertiary alicyclic amines) is 1. The van der Waals surface area contributed by atoms with Crippen molar-refractivity contribution in [1.29, 1.82) is 0 Å². The summed E-state index contributed by atoms with van der Waals surface area (Å²) in [5, 5.41) is 4.13. The lowest BCUT2D eigenvalue weighted by Gasteiger charge is -2.37. The van der Waals surface area contributed by atoms with Gasteiger partial charge in [0.25, 0.3) is 0 Å². The van der Waals surface area contributed by atoms with Gasteiger partial charge >= 0.3 is 0 Å². The Morgan fingerprint density at radius 2 is 2.38 bits per heavy atom. The van der Waals surface area contributed by atoms with Crippen LogP contribution in [0.1, 0.15) is 18.5 Å². The Bertz CT molecular complexity index is 552. The minimum absolute atomic E-state index is 0.311. The van der Waals surface area contributed by atoms with Gasteiger partial charge in [0.15, 0.2) is 5.76 Å². The number of nitrogens with zero attached hydrogens (tertiary/aromatic N) is 2. The van der Waals surface area contributed by atoms with E-state index in [2.05, 4.69) is 10.1 Å². The Morgan fingerprint density at radius 3 is 3.10 bits per heavy atom. The van der Waals surface area contributed by atoms with Crippen LogP contribution < -0.4 is 5.73 Å². The highest BCUT2D eigenvalue weighted by atomic mass is 16.5. The number of aromatic nitrogens is 1. The van der Waals surface area contributed by atoms with Gasteiger partial charge in [-0.1, -0.05) is 5.16 Å². The third kappa shape index (κ3) is 3.18. The molecule has 2 aromatic heterocycles. The van der Waals surface area contributed by atoms with Gasteiger partial charge in [0.05, 0.1) is 18.1 Å². The maximum Gasteiger partial charge on any atom is 0.202 e. The highest BCUT2D eigenvalue weighted by Gasteiger charge is 2.28. The normalized spacial score (nSPS) is 23.5. The number of nitrogens with two attached hydrogens (primary N) is 1. The van der Waals surface area contributed by atoms with Gasteiger partial charge in [-0.3, -0.25) is 4.90 Å². The highest BCUT2D eigenvalue weighted by molar-refractivity contribution is 5.49. The van der Waals surface area contributed by atoms with E-state index in [9.17, 15) is 0 Å². The predicted octanol–water partition coefficient (Wildman–Crippen LogP) is 1.87. The first-order valence-electron chi connectivity index (χ1n) is 7.26. The first-order chi connectivity index (χ1) is 10.3. The summed E-state index contributed by atoms with van der Waals surface area (Å²) in [7, 11) is 1.77. The molecule has 1 aliphatic heterocycles. The summed E-state index contributed by atoms with van der Waals surface area (Å²) >= 11 is 0. The summed E-state index contributed by atoms with van der Waals surface area (Å²) in [6.45, 7) is 2.33. The molecule has 0 aliphatic carbocycles. The quantitative estimate of drug-likeness (QED) is 0.906. The van der Waals surface area contributed by atoms with Gasteiger partial charge in [0.2, 0.25) is 5.76 Å². The van der Waals surface area contributed by atoms with Crippen LogP contribution in [0.15, 0.2) is 33.4 Å². The van der Waals surface area contributed by atoms with E-state index >= 15 is 0 Å². The molecule has 0 radical (unpaired) electrons. The first-order valence-corrected chi connectivity index (χ1v) is 7.26. The number of piperidine rings is 1. The van der Waals surface area contributed by atoms with E-state index in [1.807, 2.05) is 18.2 Å². The molecule has 114 valence electrons. The number of furan rings is 1. The summed E-state index contributed by atoms with van der Waals surface area (Å²) in [5.41, 5.74) is 6.79. The molecule has 6 heteroatoms.